The van der Waals surface area contributed by atoms with Crippen LogP contribution >= 0.6 is 22.7 Å². The Morgan fingerprint density at radius 1 is 0.538 bits per heavy atom. The van der Waals surface area contributed by atoms with E-state index in [1.54, 1.807) is 0 Å². The van der Waals surface area contributed by atoms with Gasteiger partial charge in [0.1, 0.15) is 0 Å². The zero-order chi connectivity index (χ0) is 54.0. The van der Waals surface area contributed by atoms with Crippen molar-refractivity contribution in [1.82, 2.24) is 4.57 Å². The molecule has 1 radical (unpaired) electrons. The average molecular weight is 1050 g/mol. The van der Waals surface area contributed by atoms with Crippen LogP contribution in [-0.2, 0) is 33.5 Å². The molecule has 8 aromatic carbocycles. The van der Waals surface area contributed by atoms with E-state index < -0.39 is 0 Å². The van der Waals surface area contributed by atoms with Crippen molar-refractivity contribution in [2.75, 3.05) is 5.32 Å². The molecule has 0 spiro atoms. The lowest BCUT2D eigenvalue weighted by molar-refractivity contribution is 0.332. The van der Waals surface area contributed by atoms with Crippen LogP contribution in [0.25, 0.3) is 90.1 Å². The predicted molar refractivity (Wildman–Crippen MR) is 345 cm³/mol. The van der Waals surface area contributed by atoms with Crippen LogP contribution in [0.15, 0.2) is 127 Å². The smallest absolute Gasteiger partial charge is 0.197 e. The van der Waals surface area contributed by atoms with E-state index in [9.17, 15) is 0 Å². The van der Waals surface area contributed by atoms with Crippen molar-refractivity contribution in [3.05, 3.63) is 161 Å². The first-order valence-electron chi connectivity index (χ1n) is 29.2. The summed E-state index contributed by atoms with van der Waals surface area (Å²) < 4.78 is 8.07. The second-order valence-electron chi connectivity index (χ2n) is 27.5. The second-order valence-corrected chi connectivity index (χ2v) is 29.7. The Labute approximate surface area is 471 Å². The van der Waals surface area contributed by atoms with Crippen molar-refractivity contribution in [3.8, 4) is 27.9 Å². The number of nitrogens with zero attached hydrogens (tertiary/aromatic N) is 1. The Morgan fingerprint density at radius 3 is 1.86 bits per heavy atom. The summed E-state index contributed by atoms with van der Waals surface area (Å²) in [5.41, 5.74) is 22.9. The van der Waals surface area contributed by atoms with Gasteiger partial charge in [0.05, 0.1) is 5.52 Å². The number of aryl methyl sites for hydroxylation is 1. The van der Waals surface area contributed by atoms with Gasteiger partial charge in [0, 0.05) is 79.3 Å². The van der Waals surface area contributed by atoms with Gasteiger partial charge in [-0.2, -0.15) is 0 Å². The number of benzene rings is 8. The number of rotatable bonds is 8. The van der Waals surface area contributed by atoms with Crippen molar-refractivity contribution in [2.45, 2.75) is 162 Å². The van der Waals surface area contributed by atoms with Gasteiger partial charge in [-0.1, -0.05) is 156 Å². The number of unbranched alkanes of at least 4 members (excludes halogenated alkanes) is 2. The molecule has 1 aliphatic heterocycles. The van der Waals surface area contributed by atoms with E-state index >= 15 is 0 Å². The average Bonchev–Trinajstić information content (AvgIpc) is 4.19. The summed E-state index contributed by atoms with van der Waals surface area (Å²) in [4.78, 5) is 0. The van der Waals surface area contributed by atoms with Crippen LogP contribution < -0.4 is 16.2 Å². The fourth-order valence-electron chi connectivity index (χ4n) is 14.2. The first-order chi connectivity index (χ1) is 37.2. The minimum atomic E-state index is -0.0134. The van der Waals surface area contributed by atoms with Gasteiger partial charge < -0.3 is 9.88 Å². The molecular weight excluding hydrogens is 980 g/mol. The summed E-state index contributed by atoms with van der Waals surface area (Å²) in [6.07, 6.45) is 9.57. The van der Waals surface area contributed by atoms with E-state index in [0.717, 1.165) is 17.8 Å². The molecule has 1 N–H and O–H groups in total. The molecule has 3 aromatic heterocycles. The Bertz CT molecular complexity index is 4310. The van der Waals surface area contributed by atoms with Gasteiger partial charge in [0.15, 0.2) is 7.28 Å². The molecule has 3 aliphatic rings. The minimum absolute atomic E-state index is 0.0134. The molecule has 0 bridgehead atoms. The van der Waals surface area contributed by atoms with Crippen LogP contribution in [0.5, 0.6) is 0 Å². The highest BCUT2D eigenvalue weighted by Gasteiger charge is 2.40. The number of hydrogen-bond acceptors (Lipinski definition) is 3. The Morgan fingerprint density at radius 2 is 1.15 bits per heavy atom. The first kappa shape index (κ1) is 50.1. The van der Waals surface area contributed by atoms with E-state index in [0.29, 0.717) is 0 Å². The highest BCUT2D eigenvalue weighted by atomic mass is 32.1. The van der Waals surface area contributed by atoms with Crippen LogP contribution in [0, 0.1) is 0 Å². The molecule has 0 atom stereocenters. The van der Waals surface area contributed by atoms with Crippen molar-refractivity contribution in [2.24, 2.45) is 0 Å². The van der Waals surface area contributed by atoms with Gasteiger partial charge in [0.2, 0.25) is 0 Å². The van der Waals surface area contributed by atoms with Gasteiger partial charge in [-0.15, -0.1) is 22.7 Å². The number of fused-ring (bicyclic) bond motifs is 13. The second kappa shape index (κ2) is 17.4. The van der Waals surface area contributed by atoms with Crippen molar-refractivity contribution >= 4 is 114 Å². The molecule has 2 aliphatic carbocycles. The quantitative estimate of drug-likeness (QED) is 0.119. The van der Waals surface area contributed by atoms with Crippen LogP contribution in [0.1, 0.15) is 161 Å². The number of aromatic nitrogens is 1. The van der Waals surface area contributed by atoms with Gasteiger partial charge >= 0.3 is 0 Å². The third-order valence-electron chi connectivity index (χ3n) is 19.3. The molecule has 0 saturated heterocycles. The Hall–Kier alpha value is -6.14. The summed E-state index contributed by atoms with van der Waals surface area (Å²) >= 11 is 3.88. The summed E-state index contributed by atoms with van der Waals surface area (Å²) in [5.74, 6) is 0. The first-order valence-corrected chi connectivity index (χ1v) is 30.8. The van der Waals surface area contributed by atoms with Gasteiger partial charge in [0.25, 0.3) is 0 Å². The van der Waals surface area contributed by atoms with Crippen molar-refractivity contribution in [1.29, 1.82) is 0 Å². The highest BCUT2D eigenvalue weighted by molar-refractivity contribution is 7.26. The third kappa shape index (κ3) is 7.82. The van der Waals surface area contributed by atoms with Gasteiger partial charge in [-0.25, -0.2) is 0 Å². The molecule has 14 rings (SSSR count). The predicted octanol–water partition coefficient (Wildman–Crippen LogP) is 20.3. The SMILES string of the molecule is CCCCCc1ccc(Nc2cc3sc4cc5c(cc4c3cc2-c2cc(-c3ccc4c(c3)sc3ccccc34)c3c4cc6c(cc4n4c3c2[B]c2cc(C(C)(C)C)ccc2-4)C(C)(C)CCC6(C)C)C(C)(C)CCC5(C)C)cc1. The molecule has 2 nitrogen and oxygen atoms in total. The molecule has 0 amide bonds. The minimum Gasteiger partial charge on any atom is -0.355 e. The molecule has 0 unspecified atom stereocenters. The zero-order valence-electron chi connectivity index (χ0n) is 48.1. The van der Waals surface area contributed by atoms with E-state index in [1.807, 2.05) is 22.7 Å². The maximum absolute atomic E-state index is 4.13. The molecule has 5 heteroatoms. The lowest BCUT2D eigenvalue weighted by Gasteiger charge is -2.42. The summed E-state index contributed by atoms with van der Waals surface area (Å²) in [6, 6.07) is 51.1. The number of anilines is 2. The van der Waals surface area contributed by atoms with Crippen LogP contribution in [0.2, 0.25) is 0 Å². The lowest BCUT2D eigenvalue weighted by Crippen LogP contribution is -2.38. The highest BCUT2D eigenvalue weighted by Crippen LogP contribution is 2.53. The fraction of sp³-hybridized carbons (Fsp3) is 0.342. The maximum atomic E-state index is 4.13. The van der Waals surface area contributed by atoms with E-state index in [2.05, 4.69) is 228 Å². The van der Waals surface area contributed by atoms with E-state index in [-0.39, 0.29) is 27.1 Å². The van der Waals surface area contributed by atoms with Crippen LogP contribution in [-0.4, -0.2) is 11.8 Å². The van der Waals surface area contributed by atoms with E-state index in [1.165, 1.54) is 179 Å². The number of hydrogen-bond donors (Lipinski definition) is 1. The topological polar surface area (TPSA) is 17.0 Å². The monoisotopic (exact) mass is 1050 g/mol. The molecule has 0 fully saturated rings. The van der Waals surface area contributed by atoms with Crippen molar-refractivity contribution < 1.29 is 0 Å². The Kier molecular flexibility index (Phi) is 11.2. The maximum Gasteiger partial charge on any atom is 0.197 e. The number of thiophene rings is 2. The standard InChI is InChI=1S/C73H74BN2S2/c1-13-14-15-18-42-21-25-45(26-22-42)75-59-41-65-50(51-37-54-57(40-64(51)78-65)73(11,12)32-30-70(54,5)6)36-49(59)52-35-48(43-23-27-47-46-19-16-17-20-62(46)77-63(47)33-43)66-53-38-55-56(72(9,10)31-29-71(55,7)8)39-61(53)76-60-28-24-44(69(2,3)4)34-58(60)74-67(52)68(66)76/h16-17,19-28,33-41,75H,13-15,18,29-32H2,1-12H3. The normalized spacial score (nSPS) is 17.0. The summed E-state index contributed by atoms with van der Waals surface area (Å²) in [5, 5.41) is 12.2. The zero-order valence-corrected chi connectivity index (χ0v) is 49.8. The van der Waals surface area contributed by atoms with Crippen LogP contribution in [0.3, 0.4) is 0 Å². The third-order valence-corrected chi connectivity index (χ3v) is 21.6. The van der Waals surface area contributed by atoms with Gasteiger partial charge in [-0.3, -0.25) is 0 Å². The molecule has 0 saturated carbocycles. The molecule has 78 heavy (non-hydrogen) atoms. The Balaban J connectivity index is 1.11. The number of nitrogens with one attached hydrogen (secondary N) is 1. The summed E-state index contributed by atoms with van der Waals surface area (Å²) in [6.45, 7) is 29.1. The largest absolute Gasteiger partial charge is 0.355 e. The lowest BCUT2D eigenvalue weighted by atomic mass is 9.58. The van der Waals surface area contributed by atoms with Gasteiger partial charge in [-0.05, 0) is 194 Å². The van der Waals surface area contributed by atoms with Crippen LogP contribution in [0.4, 0.5) is 11.4 Å². The molecular formula is C73H74BN2S2. The fourth-order valence-corrected chi connectivity index (χ4v) is 16.5. The summed E-state index contributed by atoms with van der Waals surface area (Å²) in [7, 11) is 2.57. The molecule has 11 aromatic rings. The molecule has 391 valence electrons. The molecule has 4 heterocycles. The van der Waals surface area contributed by atoms with E-state index in [4.69, 9.17) is 0 Å². The van der Waals surface area contributed by atoms with Crippen molar-refractivity contribution in [3.63, 3.8) is 0 Å².